The first kappa shape index (κ1) is 13.2. The second kappa shape index (κ2) is 4.93. The number of nitro benzene ring substituents is 1. The zero-order valence-corrected chi connectivity index (χ0v) is 11.9. The normalized spacial score (nSPS) is 14.5. The molecule has 0 unspecified atom stereocenters. The first-order valence-corrected chi connectivity index (χ1v) is 7.18. The van der Waals surface area contributed by atoms with Gasteiger partial charge >= 0.3 is 0 Å². The summed E-state index contributed by atoms with van der Waals surface area (Å²) < 4.78 is 16.0. The first-order valence-electron chi connectivity index (χ1n) is 6.06. The lowest BCUT2D eigenvalue weighted by Crippen LogP contribution is -2.03. The van der Waals surface area contributed by atoms with Crippen LogP contribution in [0.3, 0.4) is 0 Å². The molecule has 6 nitrogen and oxygen atoms in total. The number of hydrogen-bond acceptors (Lipinski definition) is 4. The van der Waals surface area contributed by atoms with Crippen LogP contribution in [0.15, 0.2) is 18.2 Å². The van der Waals surface area contributed by atoms with Crippen LogP contribution in [0.2, 0.25) is 0 Å². The van der Waals surface area contributed by atoms with Crippen LogP contribution in [0, 0.1) is 15.9 Å². The van der Waals surface area contributed by atoms with E-state index in [4.69, 9.17) is 0 Å². The molecular formula is C12H10BrFN4O2. The monoisotopic (exact) mass is 340 g/mol. The van der Waals surface area contributed by atoms with E-state index in [1.807, 2.05) is 4.57 Å². The van der Waals surface area contributed by atoms with Crippen molar-refractivity contribution in [2.45, 2.75) is 24.2 Å². The molecule has 104 valence electrons. The number of halogens is 2. The van der Waals surface area contributed by atoms with E-state index >= 15 is 0 Å². The van der Waals surface area contributed by atoms with Crippen LogP contribution in [0.1, 0.15) is 24.7 Å². The summed E-state index contributed by atoms with van der Waals surface area (Å²) in [5, 5.41) is 19.2. The minimum atomic E-state index is -0.658. The lowest BCUT2D eigenvalue weighted by atomic mass is 10.2. The van der Waals surface area contributed by atoms with Gasteiger partial charge in [0.25, 0.3) is 5.69 Å². The molecule has 20 heavy (non-hydrogen) atoms. The highest BCUT2D eigenvalue weighted by molar-refractivity contribution is 9.08. The molecule has 0 radical (unpaired) electrons. The van der Waals surface area contributed by atoms with Crippen LogP contribution >= 0.6 is 15.9 Å². The second-order valence-corrected chi connectivity index (χ2v) is 5.16. The summed E-state index contributed by atoms with van der Waals surface area (Å²) in [5.41, 5.74) is -0.0355. The predicted molar refractivity (Wildman–Crippen MR) is 73.0 cm³/mol. The van der Waals surface area contributed by atoms with Crippen molar-refractivity contribution in [2.24, 2.45) is 0 Å². The summed E-state index contributed by atoms with van der Waals surface area (Å²) in [6.45, 7) is 0. The summed E-state index contributed by atoms with van der Waals surface area (Å²) in [4.78, 5) is 10.0. The number of non-ortho nitro benzene ring substituents is 1. The van der Waals surface area contributed by atoms with Crippen molar-refractivity contribution in [3.05, 3.63) is 40.0 Å². The third-order valence-corrected chi connectivity index (χ3v) is 3.70. The van der Waals surface area contributed by atoms with Crippen molar-refractivity contribution in [3.63, 3.8) is 0 Å². The van der Waals surface area contributed by atoms with E-state index in [9.17, 15) is 14.5 Å². The molecule has 1 saturated carbocycles. The van der Waals surface area contributed by atoms with Gasteiger partial charge in [0, 0.05) is 12.1 Å². The quantitative estimate of drug-likeness (QED) is 0.486. The fourth-order valence-electron chi connectivity index (χ4n) is 2.11. The summed E-state index contributed by atoms with van der Waals surface area (Å²) in [6.07, 6.45) is 2.03. The molecular weight excluding hydrogens is 331 g/mol. The van der Waals surface area contributed by atoms with Crippen LogP contribution in [-0.4, -0.2) is 19.7 Å². The number of nitro groups is 1. The molecule has 0 bridgehead atoms. The third-order valence-electron chi connectivity index (χ3n) is 3.20. The van der Waals surface area contributed by atoms with E-state index in [0.29, 0.717) is 17.2 Å². The largest absolute Gasteiger partial charge is 0.307 e. The van der Waals surface area contributed by atoms with E-state index in [-0.39, 0.29) is 11.3 Å². The smallest absolute Gasteiger partial charge is 0.272 e. The average molecular weight is 341 g/mol. The molecule has 1 aromatic carbocycles. The minimum absolute atomic E-state index is 0.238. The van der Waals surface area contributed by atoms with Gasteiger partial charge in [-0.25, -0.2) is 4.39 Å². The summed E-state index contributed by atoms with van der Waals surface area (Å²) >= 11 is 3.33. The van der Waals surface area contributed by atoms with Crippen LogP contribution in [0.5, 0.6) is 0 Å². The maximum Gasteiger partial charge on any atom is 0.272 e. The zero-order valence-electron chi connectivity index (χ0n) is 10.3. The van der Waals surface area contributed by atoms with E-state index < -0.39 is 10.7 Å². The molecule has 0 atom stereocenters. The van der Waals surface area contributed by atoms with E-state index in [1.165, 1.54) is 12.1 Å². The van der Waals surface area contributed by atoms with Gasteiger partial charge in [-0.1, -0.05) is 15.9 Å². The number of aromatic nitrogens is 3. The number of nitrogens with zero attached hydrogens (tertiary/aromatic N) is 4. The molecule has 1 aliphatic carbocycles. The molecule has 0 saturated heterocycles. The first-order chi connectivity index (χ1) is 9.61. The van der Waals surface area contributed by atoms with Gasteiger partial charge < -0.3 is 4.57 Å². The number of rotatable bonds is 4. The van der Waals surface area contributed by atoms with Crippen LogP contribution in [0.25, 0.3) is 11.4 Å². The molecule has 0 spiro atoms. The molecule has 8 heteroatoms. The van der Waals surface area contributed by atoms with Crippen molar-refractivity contribution in [1.29, 1.82) is 0 Å². The van der Waals surface area contributed by atoms with Crippen molar-refractivity contribution in [3.8, 4) is 11.4 Å². The van der Waals surface area contributed by atoms with Gasteiger partial charge in [0.1, 0.15) is 11.6 Å². The Morgan fingerprint density at radius 2 is 2.20 bits per heavy atom. The highest BCUT2D eigenvalue weighted by Crippen LogP contribution is 2.40. The van der Waals surface area contributed by atoms with Crippen molar-refractivity contribution < 1.29 is 9.31 Å². The zero-order chi connectivity index (χ0) is 14.3. The molecule has 0 N–H and O–H groups in total. The van der Waals surface area contributed by atoms with Gasteiger partial charge in [0.05, 0.1) is 21.9 Å². The summed E-state index contributed by atoms with van der Waals surface area (Å²) in [6, 6.07) is 3.86. The van der Waals surface area contributed by atoms with E-state index in [1.54, 1.807) is 0 Å². The van der Waals surface area contributed by atoms with Gasteiger partial charge in [-0.15, -0.1) is 10.2 Å². The predicted octanol–water partition coefficient (Wildman–Crippen LogP) is 3.22. The Morgan fingerprint density at radius 1 is 1.45 bits per heavy atom. The molecule has 2 aromatic rings. The highest BCUT2D eigenvalue weighted by atomic mass is 79.9. The van der Waals surface area contributed by atoms with E-state index in [0.717, 1.165) is 24.7 Å². The molecule has 1 aromatic heterocycles. The Balaban J connectivity index is 2.09. The molecule has 1 fully saturated rings. The Bertz CT molecular complexity index is 684. The van der Waals surface area contributed by atoms with Crippen molar-refractivity contribution in [2.75, 3.05) is 0 Å². The molecule has 1 heterocycles. The van der Waals surface area contributed by atoms with Crippen LogP contribution < -0.4 is 0 Å². The topological polar surface area (TPSA) is 73.8 Å². The molecule has 3 rings (SSSR count). The van der Waals surface area contributed by atoms with Crippen molar-refractivity contribution in [1.82, 2.24) is 14.8 Å². The Kier molecular flexibility index (Phi) is 3.25. The molecule has 0 amide bonds. The molecule has 1 aliphatic rings. The van der Waals surface area contributed by atoms with Crippen LogP contribution in [0.4, 0.5) is 10.1 Å². The van der Waals surface area contributed by atoms with Gasteiger partial charge in [-0.2, -0.15) is 0 Å². The maximum absolute atomic E-state index is 14.1. The minimum Gasteiger partial charge on any atom is -0.307 e. The SMILES string of the molecule is O=[N+]([O-])c1ccc(-c2nnc(CBr)n2C2CC2)c(F)c1. The standard InChI is InChI=1S/C12H10BrFN4O2/c13-6-11-15-16-12(17(11)7-1-2-7)9-4-3-8(18(19)20)5-10(9)14/h3-5,7H,1-2,6H2. The second-order valence-electron chi connectivity index (χ2n) is 4.60. The van der Waals surface area contributed by atoms with Gasteiger partial charge in [0.15, 0.2) is 5.82 Å². The van der Waals surface area contributed by atoms with Crippen molar-refractivity contribution >= 4 is 21.6 Å². The Labute approximate surface area is 121 Å². The number of alkyl halides is 1. The van der Waals surface area contributed by atoms with Crippen LogP contribution in [-0.2, 0) is 5.33 Å². The fourth-order valence-corrected chi connectivity index (χ4v) is 2.50. The third kappa shape index (κ3) is 2.20. The lowest BCUT2D eigenvalue weighted by Gasteiger charge is -2.08. The average Bonchev–Trinajstić information content (AvgIpc) is 3.18. The summed E-state index contributed by atoms with van der Waals surface area (Å²) in [7, 11) is 0. The fraction of sp³-hybridized carbons (Fsp3) is 0.333. The highest BCUT2D eigenvalue weighted by Gasteiger charge is 2.30. The lowest BCUT2D eigenvalue weighted by molar-refractivity contribution is -0.385. The molecule has 0 aliphatic heterocycles. The Hall–Kier alpha value is -1.83. The van der Waals surface area contributed by atoms with Gasteiger partial charge in [-0.05, 0) is 18.9 Å². The van der Waals surface area contributed by atoms with Gasteiger partial charge in [-0.3, -0.25) is 10.1 Å². The number of hydrogen-bond donors (Lipinski definition) is 0. The summed E-state index contributed by atoms with van der Waals surface area (Å²) in [5.74, 6) is 0.504. The number of benzene rings is 1. The Morgan fingerprint density at radius 3 is 2.75 bits per heavy atom. The maximum atomic E-state index is 14.1. The van der Waals surface area contributed by atoms with E-state index in [2.05, 4.69) is 26.1 Å². The van der Waals surface area contributed by atoms with Gasteiger partial charge in [0.2, 0.25) is 0 Å².